The van der Waals surface area contributed by atoms with Gasteiger partial charge < -0.3 is 14.3 Å². The number of esters is 1. The maximum atomic E-state index is 10.9. The Morgan fingerprint density at radius 1 is 1.57 bits per heavy atom. The molecular formula is C10H16O4. The summed E-state index contributed by atoms with van der Waals surface area (Å²) < 4.78 is 9.46. The maximum Gasteiger partial charge on any atom is 0.373 e. The Labute approximate surface area is 83.5 Å². The van der Waals surface area contributed by atoms with E-state index in [4.69, 9.17) is 9.52 Å². The number of rotatable bonds is 2. The van der Waals surface area contributed by atoms with Crippen LogP contribution in [0, 0.1) is 6.92 Å². The van der Waals surface area contributed by atoms with Crippen molar-refractivity contribution in [2.45, 2.75) is 27.4 Å². The molecule has 4 heteroatoms. The molecule has 0 saturated heterocycles. The Kier molecular flexibility index (Phi) is 5.64. The zero-order valence-corrected chi connectivity index (χ0v) is 8.96. The van der Waals surface area contributed by atoms with Gasteiger partial charge >= 0.3 is 5.97 Å². The van der Waals surface area contributed by atoms with Crippen molar-refractivity contribution in [3.63, 3.8) is 0 Å². The lowest BCUT2D eigenvalue weighted by Gasteiger charge is -1.90. The summed E-state index contributed by atoms with van der Waals surface area (Å²) in [6.07, 6.45) is 0. The predicted octanol–water partition coefficient (Wildman–Crippen LogP) is 1.89. The normalized spacial score (nSPS) is 8.93. The number of furan rings is 1. The van der Waals surface area contributed by atoms with Gasteiger partial charge in [-0.3, -0.25) is 0 Å². The van der Waals surface area contributed by atoms with Crippen LogP contribution in [0.25, 0.3) is 0 Å². The molecule has 0 bridgehead atoms. The average molecular weight is 200 g/mol. The van der Waals surface area contributed by atoms with Crippen LogP contribution < -0.4 is 0 Å². The van der Waals surface area contributed by atoms with Crippen LogP contribution in [0.3, 0.4) is 0 Å². The quantitative estimate of drug-likeness (QED) is 0.740. The second-order valence-corrected chi connectivity index (χ2v) is 2.34. The Morgan fingerprint density at radius 3 is 2.50 bits per heavy atom. The van der Waals surface area contributed by atoms with E-state index in [-0.39, 0.29) is 12.4 Å². The van der Waals surface area contributed by atoms with Gasteiger partial charge in [-0.15, -0.1) is 0 Å². The van der Waals surface area contributed by atoms with Gasteiger partial charge in [-0.05, 0) is 13.0 Å². The van der Waals surface area contributed by atoms with E-state index >= 15 is 0 Å². The Morgan fingerprint density at radius 2 is 2.14 bits per heavy atom. The highest BCUT2D eigenvalue weighted by molar-refractivity contribution is 5.86. The minimum Gasteiger partial charge on any atom is -0.463 e. The largest absolute Gasteiger partial charge is 0.463 e. The molecule has 0 unspecified atom stereocenters. The summed E-state index contributed by atoms with van der Waals surface area (Å²) in [6, 6.07) is 1.47. The van der Waals surface area contributed by atoms with Crippen molar-refractivity contribution in [1.82, 2.24) is 0 Å². The highest BCUT2D eigenvalue weighted by Crippen LogP contribution is 2.14. The molecule has 1 aromatic heterocycles. The number of carbonyl (C=O) groups is 1. The summed E-state index contributed by atoms with van der Waals surface area (Å²) in [6.45, 7) is 5.55. The third kappa shape index (κ3) is 2.88. The summed E-state index contributed by atoms with van der Waals surface area (Å²) in [4.78, 5) is 10.9. The smallest absolute Gasteiger partial charge is 0.373 e. The van der Waals surface area contributed by atoms with E-state index in [0.29, 0.717) is 11.3 Å². The number of hydrogen-bond donors (Lipinski definition) is 1. The molecule has 0 aromatic carbocycles. The first-order chi connectivity index (χ1) is 6.69. The minimum atomic E-state index is -0.530. The van der Waals surface area contributed by atoms with Crippen LogP contribution in [-0.4, -0.2) is 18.2 Å². The molecule has 0 aliphatic heterocycles. The first kappa shape index (κ1) is 12.7. The summed E-state index contributed by atoms with van der Waals surface area (Å²) >= 11 is 0. The van der Waals surface area contributed by atoms with Gasteiger partial charge in [0, 0.05) is 5.56 Å². The van der Waals surface area contributed by atoms with Crippen molar-refractivity contribution in [1.29, 1.82) is 0 Å². The highest BCUT2D eigenvalue weighted by atomic mass is 16.5. The molecule has 1 N–H and O–H groups in total. The highest BCUT2D eigenvalue weighted by Gasteiger charge is 2.13. The molecule has 1 aromatic rings. The van der Waals surface area contributed by atoms with Crippen LogP contribution in [-0.2, 0) is 11.3 Å². The van der Waals surface area contributed by atoms with Crippen molar-refractivity contribution in [2.24, 2.45) is 0 Å². The fourth-order valence-electron chi connectivity index (χ4n) is 0.878. The molecule has 0 atom stereocenters. The Hall–Kier alpha value is -1.29. The molecule has 0 aliphatic carbocycles. The van der Waals surface area contributed by atoms with E-state index in [1.807, 2.05) is 13.8 Å². The molecule has 1 heterocycles. The second-order valence-electron chi connectivity index (χ2n) is 2.34. The average Bonchev–Trinajstić information content (AvgIpc) is 2.61. The summed E-state index contributed by atoms with van der Waals surface area (Å²) in [5.74, 6) is 0.134. The van der Waals surface area contributed by atoms with Gasteiger partial charge in [0.05, 0.1) is 13.7 Å². The molecule has 0 fully saturated rings. The first-order valence-corrected chi connectivity index (χ1v) is 4.47. The number of aryl methyl sites for hydroxylation is 1. The minimum absolute atomic E-state index is 0.124. The number of methoxy groups -OCH3 is 1. The molecule has 0 aliphatic rings. The maximum absolute atomic E-state index is 10.9. The fraction of sp³-hybridized carbons (Fsp3) is 0.500. The lowest BCUT2D eigenvalue weighted by molar-refractivity contribution is 0.0563. The van der Waals surface area contributed by atoms with Gasteiger partial charge in [0.1, 0.15) is 5.76 Å². The van der Waals surface area contributed by atoms with E-state index in [1.165, 1.54) is 13.2 Å². The van der Waals surface area contributed by atoms with Gasteiger partial charge in [0.2, 0.25) is 5.76 Å². The molecule has 1 rings (SSSR count). The van der Waals surface area contributed by atoms with Gasteiger partial charge in [-0.1, -0.05) is 13.8 Å². The third-order valence-corrected chi connectivity index (χ3v) is 1.58. The SMILES string of the molecule is CC.COC(=O)c1cc(CO)c(C)o1. The lowest BCUT2D eigenvalue weighted by atomic mass is 10.2. The van der Waals surface area contributed by atoms with Gasteiger partial charge in [0.25, 0.3) is 0 Å². The van der Waals surface area contributed by atoms with Gasteiger partial charge in [0.15, 0.2) is 0 Å². The van der Waals surface area contributed by atoms with Crippen LogP contribution in [0.15, 0.2) is 10.5 Å². The molecule has 0 amide bonds. The predicted molar refractivity (Wildman–Crippen MR) is 52.1 cm³/mol. The second kappa shape index (κ2) is 6.21. The summed E-state index contributed by atoms with van der Waals surface area (Å²) in [7, 11) is 1.28. The molecule has 14 heavy (non-hydrogen) atoms. The molecule has 0 spiro atoms. The van der Waals surface area contributed by atoms with Crippen molar-refractivity contribution in [3.05, 3.63) is 23.2 Å². The number of carbonyl (C=O) groups excluding carboxylic acids is 1. The first-order valence-electron chi connectivity index (χ1n) is 4.47. The molecule has 80 valence electrons. The van der Waals surface area contributed by atoms with E-state index in [0.717, 1.165) is 0 Å². The van der Waals surface area contributed by atoms with Crippen molar-refractivity contribution in [3.8, 4) is 0 Å². The topological polar surface area (TPSA) is 59.7 Å². The van der Waals surface area contributed by atoms with E-state index < -0.39 is 5.97 Å². The zero-order chi connectivity index (χ0) is 11.1. The molecule has 0 saturated carbocycles. The summed E-state index contributed by atoms with van der Waals surface area (Å²) in [5.41, 5.74) is 0.607. The van der Waals surface area contributed by atoms with E-state index in [2.05, 4.69) is 4.74 Å². The molecule has 4 nitrogen and oxygen atoms in total. The van der Waals surface area contributed by atoms with Crippen molar-refractivity contribution < 1.29 is 19.1 Å². The van der Waals surface area contributed by atoms with Crippen molar-refractivity contribution in [2.75, 3.05) is 7.11 Å². The monoisotopic (exact) mass is 200 g/mol. The fourth-order valence-corrected chi connectivity index (χ4v) is 0.878. The third-order valence-electron chi connectivity index (χ3n) is 1.58. The standard InChI is InChI=1S/C8H10O4.C2H6/c1-5-6(4-9)3-7(12-5)8(10)11-2;1-2/h3,9H,4H2,1-2H3;1-2H3. The summed E-state index contributed by atoms with van der Waals surface area (Å²) in [5, 5.41) is 8.77. The lowest BCUT2D eigenvalue weighted by Crippen LogP contribution is -1.98. The van der Waals surface area contributed by atoms with Gasteiger partial charge in [-0.2, -0.15) is 0 Å². The zero-order valence-electron chi connectivity index (χ0n) is 8.96. The van der Waals surface area contributed by atoms with Crippen molar-refractivity contribution >= 4 is 5.97 Å². The van der Waals surface area contributed by atoms with Crippen LogP contribution in [0.1, 0.15) is 35.7 Å². The number of aliphatic hydroxyl groups is 1. The number of ether oxygens (including phenoxy) is 1. The molecule has 0 radical (unpaired) electrons. The van der Waals surface area contributed by atoms with Gasteiger partial charge in [-0.25, -0.2) is 4.79 Å². The van der Waals surface area contributed by atoms with Crippen LogP contribution in [0.4, 0.5) is 0 Å². The Bertz CT molecular complexity index is 288. The van der Waals surface area contributed by atoms with Crippen LogP contribution in [0.5, 0.6) is 0 Å². The number of hydrogen-bond acceptors (Lipinski definition) is 4. The number of aliphatic hydroxyl groups excluding tert-OH is 1. The molecular weight excluding hydrogens is 184 g/mol. The Balaban J connectivity index is 0.000000791. The van der Waals surface area contributed by atoms with Crippen LogP contribution >= 0.6 is 0 Å². The van der Waals surface area contributed by atoms with Crippen LogP contribution in [0.2, 0.25) is 0 Å². The van der Waals surface area contributed by atoms with E-state index in [9.17, 15) is 4.79 Å². The van der Waals surface area contributed by atoms with E-state index in [1.54, 1.807) is 6.92 Å².